The van der Waals surface area contributed by atoms with Crippen LogP contribution in [0.1, 0.15) is 17.3 Å². The van der Waals surface area contributed by atoms with Gasteiger partial charge in [-0.05, 0) is 31.2 Å². The summed E-state index contributed by atoms with van der Waals surface area (Å²) in [5, 5.41) is 5.04. The van der Waals surface area contributed by atoms with Crippen molar-refractivity contribution in [1.29, 1.82) is 0 Å². The molecule has 0 aliphatic heterocycles. The van der Waals surface area contributed by atoms with E-state index in [0.717, 1.165) is 6.07 Å². The van der Waals surface area contributed by atoms with Gasteiger partial charge in [0, 0.05) is 6.07 Å². The van der Waals surface area contributed by atoms with Crippen LogP contribution < -0.4 is 15.4 Å². The zero-order chi connectivity index (χ0) is 18.9. The fourth-order valence-electron chi connectivity index (χ4n) is 2.06. The zero-order valence-electron chi connectivity index (χ0n) is 14.1. The monoisotopic (exact) mass is 364 g/mol. The van der Waals surface area contributed by atoms with E-state index in [0.29, 0.717) is 11.8 Å². The van der Waals surface area contributed by atoms with E-state index in [1.165, 1.54) is 12.1 Å². The van der Waals surface area contributed by atoms with Crippen molar-refractivity contribution in [2.24, 2.45) is 0 Å². The summed E-state index contributed by atoms with van der Waals surface area (Å²) in [6.07, 6.45) is 0. The second-order valence-corrected chi connectivity index (χ2v) is 5.07. The van der Waals surface area contributed by atoms with Crippen LogP contribution in [0.3, 0.4) is 0 Å². The van der Waals surface area contributed by atoms with Crippen molar-refractivity contribution in [2.75, 3.05) is 25.1 Å². The fraction of sp³-hybridized carbons (Fsp3) is 0.222. The van der Waals surface area contributed by atoms with Crippen molar-refractivity contribution >= 4 is 17.7 Å². The Morgan fingerprint density at radius 3 is 2.62 bits per heavy atom. The highest BCUT2D eigenvalue weighted by Crippen LogP contribution is 2.17. The molecule has 0 aliphatic carbocycles. The highest BCUT2D eigenvalue weighted by molar-refractivity contribution is 6.00. The van der Waals surface area contributed by atoms with Gasteiger partial charge in [-0.3, -0.25) is 0 Å². The van der Waals surface area contributed by atoms with E-state index >= 15 is 0 Å². The fourth-order valence-corrected chi connectivity index (χ4v) is 2.06. The molecule has 0 saturated heterocycles. The third kappa shape index (κ3) is 5.44. The Labute approximate surface area is 149 Å². The molecule has 0 heterocycles. The van der Waals surface area contributed by atoms with E-state index in [2.05, 4.69) is 10.6 Å². The molecule has 8 heteroatoms. The van der Waals surface area contributed by atoms with Crippen LogP contribution in [0.4, 0.5) is 19.3 Å². The topological polar surface area (TPSA) is 76.7 Å². The lowest BCUT2D eigenvalue weighted by Gasteiger charge is -2.12. The molecule has 138 valence electrons. The van der Waals surface area contributed by atoms with Gasteiger partial charge in [0.1, 0.15) is 12.4 Å². The van der Waals surface area contributed by atoms with Crippen molar-refractivity contribution in [3.8, 4) is 5.75 Å². The first-order chi connectivity index (χ1) is 12.5. The number of rotatable bonds is 7. The van der Waals surface area contributed by atoms with E-state index in [1.54, 1.807) is 25.1 Å². The summed E-state index contributed by atoms with van der Waals surface area (Å²) >= 11 is 0. The lowest BCUT2D eigenvalue weighted by molar-refractivity contribution is 0.0527. The van der Waals surface area contributed by atoms with E-state index in [1.807, 2.05) is 0 Å². The highest BCUT2D eigenvalue weighted by Gasteiger charge is 2.13. The lowest BCUT2D eigenvalue weighted by Crippen LogP contribution is -2.32. The number of amides is 2. The van der Waals surface area contributed by atoms with E-state index < -0.39 is 23.6 Å². The van der Waals surface area contributed by atoms with Crippen LogP contribution in [0.5, 0.6) is 5.75 Å². The number of benzene rings is 2. The van der Waals surface area contributed by atoms with Gasteiger partial charge in [0.2, 0.25) is 0 Å². The number of hydrogen-bond acceptors (Lipinski definition) is 4. The number of nitrogens with one attached hydrogen (secondary N) is 2. The normalized spacial score (nSPS) is 10.1. The van der Waals surface area contributed by atoms with Crippen LogP contribution in [0.25, 0.3) is 0 Å². The van der Waals surface area contributed by atoms with E-state index in [9.17, 15) is 18.4 Å². The van der Waals surface area contributed by atoms with Gasteiger partial charge in [0.15, 0.2) is 11.6 Å². The number of halogens is 2. The molecule has 6 nitrogen and oxygen atoms in total. The number of ether oxygens (including phenoxy) is 2. The Bertz CT molecular complexity index is 784. The molecule has 26 heavy (non-hydrogen) atoms. The number of hydrogen-bond donors (Lipinski definition) is 2. The molecule has 0 bridgehead atoms. The van der Waals surface area contributed by atoms with Crippen molar-refractivity contribution in [2.45, 2.75) is 6.92 Å². The summed E-state index contributed by atoms with van der Waals surface area (Å²) in [5.41, 5.74) is 0.531. The van der Waals surface area contributed by atoms with Crippen LogP contribution in [-0.2, 0) is 4.74 Å². The zero-order valence-corrected chi connectivity index (χ0v) is 14.1. The maximum absolute atomic E-state index is 13.4. The minimum absolute atomic E-state index is 0.0184. The third-order valence-electron chi connectivity index (χ3n) is 3.21. The smallest absolute Gasteiger partial charge is 0.340 e. The first kappa shape index (κ1) is 19.2. The summed E-state index contributed by atoms with van der Waals surface area (Å²) in [6.45, 7) is 1.96. The van der Waals surface area contributed by atoms with Crippen molar-refractivity contribution in [1.82, 2.24) is 5.32 Å². The molecule has 2 aromatic carbocycles. The molecule has 0 saturated carbocycles. The largest absolute Gasteiger partial charge is 0.489 e. The summed E-state index contributed by atoms with van der Waals surface area (Å²) in [6, 6.07) is 8.81. The first-order valence-electron chi connectivity index (χ1n) is 7.90. The molecule has 0 radical (unpaired) electrons. The number of carbonyl (C=O) groups is 2. The molecule has 0 unspecified atom stereocenters. The maximum Gasteiger partial charge on any atom is 0.340 e. The molecule has 0 aliphatic rings. The molecule has 2 aromatic rings. The van der Waals surface area contributed by atoms with E-state index in [-0.39, 0.29) is 31.1 Å². The Hall–Kier alpha value is -3.16. The first-order valence-corrected chi connectivity index (χ1v) is 7.90. The number of para-hydroxylation sites is 1. The molecule has 0 fully saturated rings. The van der Waals surface area contributed by atoms with Gasteiger partial charge >= 0.3 is 12.0 Å². The Balaban J connectivity index is 1.83. The van der Waals surface area contributed by atoms with Gasteiger partial charge in [-0.2, -0.15) is 0 Å². The van der Waals surface area contributed by atoms with Crippen LogP contribution in [0, 0.1) is 11.6 Å². The van der Waals surface area contributed by atoms with Crippen LogP contribution in [0.2, 0.25) is 0 Å². The van der Waals surface area contributed by atoms with Crippen LogP contribution >= 0.6 is 0 Å². The molecule has 2 N–H and O–H groups in total. The second kappa shape index (κ2) is 9.36. The van der Waals surface area contributed by atoms with Gasteiger partial charge in [0.25, 0.3) is 0 Å². The molecular weight excluding hydrogens is 346 g/mol. The Morgan fingerprint density at radius 1 is 1.12 bits per heavy atom. The summed E-state index contributed by atoms with van der Waals surface area (Å²) in [4.78, 5) is 23.8. The number of urea groups is 1. The molecule has 2 rings (SSSR count). The van der Waals surface area contributed by atoms with Crippen molar-refractivity contribution in [3.63, 3.8) is 0 Å². The molecule has 0 aromatic heterocycles. The Morgan fingerprint density at radius 2 is 1.88 bits per heavy atom. The minimum Gasteiger partial charge on any atom is -0.489 e. The molecule has 0 spiro atoms. The molecule has 0 atom stereocenters. The van der Waals surface area contributed by atoms with Gasteiger partial charge in [0.05, 0.1) is 24.4 Å². The minimum atomic E-state index is -0.821. The van der Waals surface area contributed by atoms with Gasteiger partial charge in [-0.1, -0.05) is 12.1 Å². The van der Waals surface area contributed by atoms with Gasteiger partial charge in [-0.15, -0.1) is 0 Å². The second-order valence-electron chi connectivity index (χ2n) is 5.07. The van der Waals surface area contributed by atoms with Crippen molar-refractivity contribution in [3.05, 3.63) is 59.7 Å². The highest BCUT2D eigenvalue weighted by atomic mass is 19.1. The SMILES string of the molecule is CCOC(=O)c1ccccc1NC(=O)NCCOc1ccc(F)cc1F. The van der Waals surface area contributed by atoms with Crippen molar-refractivity contribution < 1.29 is 27.8 Å². The number of carbonyl (C=O) groups excluding carboxylic acids is 2. The predicted octanol–water partition coefficient (Wildman–Crippen LogP) is 3.34. The lowest BCUT2D eigenvalue weighted by atomic mass is 10.2. The Kier molecular flexibility index (Phi) is 6.90. The summed E-state index contributed by atoms with van der Waals surface area (Å²) in [5.74, 6) is -2.18. The number of esters is 1. The van der Waals surface area contributed by atoms with Gasteiger partial charge in [-0.25, -0.2) is 18.4 Å². The standard InChI is InChI=1S/C18H18F2N2O4/c1-2-25-17(23)13-5-3-4-6-15(13)22-18(24)21-9-10-26-16-8-7-12(19)11-14(16)20/h3-8,11H,2,9-10H2,1H3,(H2,21,22,24). The average molecular weight is 364 g/mol. The number of anilines is 1. The van der Waals surface area contributed by atoms with Crippen LogP contribution in [0.15, 0.2) is 42.5 Å². The van der Waals surface area contributed by atoms with Gasteiger partial charge < -0.3 is 20.1 Å². The quantitative estimate of drug-likeness (QED) is 0.584. The average Bonchev–Trinajstić information content (AvgIpc) is 2.61. The van der Waals surface area contributed by atoms with Crippen LogP contribution in [-0.4, -0.2) is 31.8 Å². The molecule has 2 amide bonds. The predicted molar refractivity (Wildman–Crippen MR) is 91.3 cm³/mol. The maximum atomic E-state index is 13.4. The third-order valence-corrected chi connectivity index (χ3v) is 3.21. The summed E-state index contributed by atoms with van der Waals surface area (Å²) in [7, 11) is 0. The van der Waals surface area contributed by atoms with E-state index in [4.69, 9.17) is 9.47 Å². The summed E-state index contributed by atoms with van der Waals surface area (Å²) < 4.78 is 36.2. The molecular formula is C18H18F2N2O4.